The van der Waals surface area contributed by atoms with E-state index in [1.54, 1.807) is 52.1 Å². The third-order valence-electron chi connectivity index (χ3n) is 5.08. The van der Waals surface area contributed by atoms with Crippen LogP contribution < -0.4 is 15.4 Å². The van der Waals surface area contributed by atoms with Crippen LogP contribution in [0.1, 0.15) is 60.9 Å². The lowest BCUT2D eigenvalue weighted by molar-refractivity contribution is -0.148. The molecule has 0 saturated heterocycles. The molecule has 0 spiro atoms. The first kappa shape index (κ1) is 28.0. The number of rotatable bonds is 10. The molecule has 1 atom stereocenters. The van der Waals surface area contributed by atoms with Crippen molar-refractivity contribution >= 4 is 11.8 Å². The molecule has 35 heavy (non-hydrogen) atoms. The first-order valence-electron chi connectivity index (χ1n) is 11.0. The molecule has 1 unspecified atom stereocenters. The Balaban J connectivity index is 2.03. The van der Waals surface area contributed by atoms with Crippen LogP contribution in [0.15, 0.2) is 30.6 Å². The van der Waals surface area contributed by atoms with Crippen molar-refractivity contribution in [1.82, 2.24) is 20.6 Å². The molecule has 0 radical (unpaired) electrons. The smallest absolute Gasteiger partial charge is 0.340 e. The molecule has 0 bridgehead atoms. The summed E-state index contributed by atoms with van der Waals surface area (Å²) in [6.07, 6.45) is -0.607. The molecule has 0 aliphatic heterocycles. The van der Waals surface area contributed by atoms with Gasteiger partial charge in [0.25, 0.3) is 5.91 Å². The minimum atomic E-state index is -4.29. The van der Waals surface area contributed by atoms with E-state index in [9.17, 15) is 27.2 Å². The number of ether oxygens (including phenoxy) is 1. The number of aromatic nitrogens is 2. The lowest BCUT2D eigenvalue weighted by Crippen LogP contribution is -2.36. The molecule has 2 aromatic rings. The molecule has 192 valence electrons. The van der Waals surface area contributed by atoms with E-state index in [0.29, 0.717) is 35.3 Å². The lowest BCUT2D eigenvalue weighted by atomic mass is 9.95. The Labute approximate surface area is 201 Å². The van der Waals surface area contributed by atoms with Crippen molar-refractivity contribution in [2.45, 2.75) is 59.4 Å². The third kappa shape index (κ3) is 7.90. The predicted octanol–water partition coefficient (Wildman–Crippen LogP) is 4.26. The van der Waals surface area contributed by atoms with Crippen LogP contribution in [0.4, 0.5) is 17.6 Å². The topological polar surface area (TPSA) is 93.2 Å². The van der Waals surface area contributed by atoms with E-state index in [4.69, 9.17) is 4.74 Å². The van der Waals surface area contributed by atoms with Crippen molar-refractivity contribution in [3.8, 4) is 5.88 Å². The molecule has 0 aromatic carbocycles. The standard InChI is InChI=1S/C24H30F4N4O3/c1-14-11-16(12-31-20(14)35-13-24(27,28)21(25)26)15(2)32-19(33)17-7-6-9-29-18(17)8-10-30-22(34)23(3,4)5/h6-7,9,11-12,15,21H,8,10,13H2,1-5H3,(H,30,34)(H,32,33). The SMILES string of the molecule is Cc1cc(C(C)NC(=O)c2cccnc2CCNC(=O)C(C)(C)C)cnc1OCC(F)(F)C(F)F. The van der Waals surface area contributed by atoms with Crippen molar-refractivity contribution in [2.75, 3.05) is 13.2 Å². The number of nitrogens with one attached hydrogen (secondary N) is 2. The number of aryl methyl sites for hydroxylation is 1. The number of hydrogen-bond acceptors (Lipinski definition) is 5. The molecule has 0 aliphatic rings. The van der Waals surface area contributed by atoms with E-state index < -0.39 is 36.3 Å². The third-order valence-corrected chi connectivity index (χ3v) is 5.08. The second-order valence-electron chi connectivity index (χ2n) is 9.19. The first-order chi connectivity index (χ1) is 16.2. The average Bonchev–Trinajstić information content (AvgIpc) is 2.77. The van der Waals surface area contributed by atoms with Crippen LogP contribution in [0.2, 0.25) is 0 Å². The summed E-state index contributed by atoms with van der Waals surface area (Å²) in [5, 5.41) is 5.65. The maximum absolute atomic E-state index is 13.1. The Hall–Kier alpha value is -3.24. The van der Waals surface area contributed by atoms with Crippen molar-refractivity contribution in [2.24, 2.45) is 5.41 Å². The fraction of sp³-hybridized carbons (Fsp3) is 0.500. The predicted molar refractivity (Wildman–Crippen MR) is 122 cm³/mol. The molecule has 0 fully saturated rings. The Kier molecular flexibility index (Phi) is 9.17. The van der Waals surface area contributed by atoms with Crippen LogP contribution in [0.5, 0.6) is 5.88 Å². The Morgan fingerprint density at radius 3 is 2.46 bits per heavy atom. The molecule has 7 nitrogen and oxygen atoms in total. The van der Waals surface area contributed by atoms with E-state index >= 15 is 0 Å². The molecule has 2 rings (SSSR count). The number of carbonyl (C=O) groups is 2. The maximum atomic E-state index is 13.1. The maximum Gasteiger partial charge on any atom is 0.340 e. The number of carbonyl (C=O) groups excluding carboxylic acids is 2. The molecule has 2 heterocycles. The van der Waals surface area contributed by atoms with Crippen LogP contribution in [-0.4, -0.2) is 47.3 Å². The zero-order valence-corrected chi connectivity index (χ0v) is 20.3. The highest BCUT2D eigenvalue weighted by Crippen LogP contribution is 2.26. The summed E-state index contributed by atoms with van der Waals surface area (Å²) in [5.74, 6) is -4.98. The van der Waals surface area contributed by atoms with Gasteiger partial charge in [0.2, 0.25) is 11.8 Å². The van der Waals surface area contributed by atoms with Gasteiger partial charge in [-0.25, -0.2) is 13.8 Å². The van der Waals surface area contributed by atoms with Gasteiger partial charge in [-0.15, -0.1) is 0 Å². The Morgan fingerprint density at radius 2 is 1.86 bits per heavy atom. The Morgan fingerprint density at radius 1 is 1.17 bits per heavy atom. The van der Waals surface area contributed by atoms with Gasteiger partial charge in [-0.3, -0.25) is 14.6 Å². The summed E-state index contributed by atoms with van der Waals surface area (Å²) >= 11 is 0. The van der Waals surface area contributed by atoms with Gasteiger partial charge >= 0.3 is 12.3 Å². The minimum Gasteiger partial charge on any atom is -0.471 e. The van der Waals surface area contributed by atoms with Crippen LogP contribution in [-0.2, 0) is 11.2 Å². The van der Waals surface area contributed by atoms with Gasteiger partial charge in [0.1, 0.15) is 0 Å². The second-order valence-corrected chi connectivity index (χ2v) is 9.19. The van der Waals surface area contributed by atoms with Crippen LogP contribution in [0.25, 0.3) is 0 Å². The zero-order valence-electron chi connectivity index (χ0n) is 20.3. The highest BCUT2D eigenvalue weighted by molar-refractivity contribution is 5.95. The number of amides is 2. The van der Waals surface area contributed by atoms with Crippen LogP contribution in [0.3, 0.4) is 0 Å². The van der Waals surface area contributed by atoms with Crippen molar-refractivity contribution in [1.29, 1.82) is 0 Å². The number of pyridine rings is 2. The summed E-state index contributed by atoms with van der Waals surface area (Å²) in [6, 6.07) is 4.31. The average molecular weight is 499 g/mol. The van der Waals surface area contributed by atoms with Gasteiger partial charge in [0.15, 0.2) is 6.61 Å². The van der Waals surface area contributed by atoms with E-state index in [2.05, 4.69) is 20.6 Å². The van der Waals surface area contributed by atoms with Gasteiger partial charge < -0.3 is 15.4 Å². The molecular formula is C24H30F4N4O3. The quantitative estimate of drug-likeness (QED) is 0.478. The largest absolute Gasteiger partial charge is 0.471 e. The molecule has 0 saturated carbocycles. The summed E-state index contributed by atoms with van der Waals surface area (Å²) in [6.45, 7) is 7.47. The van der Waals surface area contributed by atoms with Gasteiger partial charge in [-0.05, 0) is 37.6 Å². The highest BCUT2D eigenvalue weighted by Gasteiger charge is 2.42. The van der Waals surface area contributed by atoms with E-state index in [1.165, 1.54) is 13.1 Å². The summed E-state index contributed by atoms with van der Waals surface area (Å²) < 4.78 is 55.6. The zero-order chi connectivity index (χ0) is 26.4. The van der Waals surface area contributed by atoms with Crippen molar-refractivity contribution in [3.63, 3.8) is 0 Å². The van der Waals surface area contributed by atoms with E-state index in [-0.39, 0.29) is 11.8 Å². The number of hydrogen-bond donors (Lipinski definition) is 2. The molecule has 2 amide bonds. The molecular weight excluding hydrogens is 468 g/mol. The molecule has 11 heteroatoms. The van der Waals surface area contributed by atoms with Gasteiger partial charge in [0.05, 0.1) is 17.3 Å². The summed E-state index contributed by atoms with van der Waals surface area (Å²) in [4.78, 5) is 33.1. The minimum absolute atomic E-state index is 0.110. The molecule has 2 aromatic heterocycles. The molecule has 0 aliphatic carbocycles. The fourth-order valence-electron chi connectivity index (χ4n) is 2.96. The number of alkyl halides is 4. The van der Waals surface area contributed by atoms with Crippen LogP contribution >= 0.6 is 0 Å². The van der Waals surface area contributed by atoms with Gasteiger partial charge in [-0.2, -0.15) is 8.78 Å². The number of halogens is 4. The Bertz CT molecular complexity index is 1040. The normalized spacial score (nSPS) is 12.9. The van der Waals surface area contributed by atoms with Crippen molar-refractivity contribution < 1.29 is 31.9 Å². The van der Waals surface area contributed by atoms with Crippen LogP contribution in [0, 0.1) is 12.3 Å². The van der Waals surface area contributed by atoms with Crippen molar-refractivity contribution in [3.05, 3.63) is 53.0 Å². The molecule has 2 N–H and O–H groups in total. The summed E-state index contributed by atoms with van der Waals surface area (Å²) in [7, 11) is 0. The second kappa shape index (κ2) is 11.5. The fourth-order valence-corrected chi connectivity index (χ4v) is 2.96. The number of nitrogens with zero attached hydrogens (tertiary/aromatic N) is 2. The van der Waals surface area contributed by atoms with Gasteiger partial charge in [-0.1, -0.05) is 20.8 Å². The van der Waals surface area contributed by atoms with E-state index in [1.807, 2.05) is 0 Å². The van der Waals surface area contributed by atoms with Gasteiger partial charge in [0, 0.05) is 36.3 Å². The first-order valence-corrected chi connectivity index (χ1v) is 11.0. The lowest BCUT2D eigenvalue weighted by Gasteiger charge is -2.19. The van der Waals surface area contributed by atoms with E-state index in [0.717, 1.165) is 0 Å². The summed E-state index contributed by atoms with van der Waals surface area (Å²) in [5.41, 5.74) is 1.25. The highest BCUT2D eigenvalue weighted by atomic mass is 19.3. The monoisotopic (exact) mass is 498 g/mol.